The average molecular weight is 272 g/mol. The number of rotatable bonds is 4. The molecule has 2 heterocycles. The first-order valence-electron chi connectivity index (χ1n) is 8.37. The van der Waals surface area contributed by atoms with Crippen molar-refractivity contribution in [2.45, 2.75) is 70.5 Å². The van der Waals surface area contributed by atoms with Crippen LogP contribution in [0.3, 0.4) is 0 Å². The predicted molar refractivity (Wildman–Crippen MR) is 86.4 cm³/mol. The fourth-order valence-corrected chi connectivity index (χ4v) is 4.14. The molecule has 2 saturated heterocycles. The summed E-state index contributed by atoms with van der Waals surface area (Å²) in [6.45, 7) is 5.69. The average Bonchev–Trinajstić information content (AvgIpc) is 2.45. The number of hydrogen-bond acceptors (Lipinski definition) is 2. The zero-order valence-electron chi connectivity index (χ0n) is 12.9. The number of fused-ring (bicyclic) bond motifs is 2. The molecular formula is C18H28N2. The number of nitrogens with zero attached hydrogens (tertiary/aromatic N) is 1. The second-order valence-electron chi connectivity index (χ2n) is 6.55. The Morgan fingerprint density at radius 2 is 1.85 bits per heavy atom. The van der Waals surface area contributed by atoms with E-state index in [-0.39, 0.29) is 0 Å². The monoisotopic (exact) mass is 272 g/mol. The number of benzene rings is 1. The lowest BCUT2D eigenvalue weighted by Crippen LogP contribution is -2.56. The molecule has 1 aromatic carbocycles. The van der Waals surface area contributed by atoms with E-state index in [1.54, 1.807) is 0 Å². The van der Waals surface area contributed by atoms with E-state index in [1.807, 2.05) is 0 Å². The maximum Gasteiger partial charge on any atom is 0.0400 e. The van der Waals surface area contributed by atoms with Crippen molar-refractivity contribution in [3.8, 4) is 0 Å². The van der Waals surface area contributed by atoms with E-state index in [9.17, 15) is 0 Å². The molecule has 1 N–H and O–H groups in total. The molecule has 0 aromatic heterocycles. The summed E-state index contributed by atoms with van der Waals surface area (Å²) in [6.07, 6.45) is 8.05. The molecule has 0 saturated carbocycles. The zero-order chi connectivity index (χ0) is 13.9. The largest absolute Gasteiger partial charge is 0.365 e. The molecule has 2 bridgehead atoms. The molecule has 2 fully saturated rings. The highest BCUT2D eigenvalue weighted by molar-refractivity contribution is 5.55. The normalized spacial score (nSPS) is 29.5. The molecule has 3 rings (SSSR count). The van der Waals surface area contributed by atoms with Crippen LogP contribution >= 0.6 is 0 Å². The van der Waals surface area contributed by atoms with Gasteiger partial charge in [-0.2, -0.15) is 0 Å². The van der Waals surface area contributed by atoms with E-state index in [0.717, 1.165) is 18.1 Å². The summed E-state index contributed by atoms with van der Waals surface area (Å²) in [5.74, 6) is 0. The molecule has 2 heteroatoms. The predicted octanol–water partition coefficient (Wildman–Crippen LogP) is 3.88. The van der Waals surface area contributed by atoms with Crippen LogP contribution in [0.1, 0.15) is 51.0 Å². The van der Waals surface area contributed by atoms with Crippen molar-refractivity contribution < 1.29 is 0 Å². The Morgan fingerprint density at radius 1 is 1.15 bits per heavy atom. The number of para-hydroxylation sites is 1. The maximum atomic E-state index is 3.76. The Morgan fingerprint density at radius 3 is 2.50 bits per heavy atom. The Labute approximate surface area is 123 Å². The highest BCUT2D eigenvalue weighted by atomic mass is 15.2. The van der Waals surface area contributed by atoms with Crippen molar-refractivity contribution >= 4 is 5.69 Å². The van der Waals surface area contributed by atoms with Gasteiger partial charge in [0.25, 0.3) is 0 Å². The Kier molecular flexibility index (Phi) is 4.30. The summed E-state index contributed by atoms with van der Waals surface area (Å²) >= 11 is 0. The van der Waals surface area contributed by atoms with Gasteiger partial charge in [0.1, 0.15) is 0 Å². The second-order valence-corrected chi connectivity index (χ2v) is 6.55. The van der Waals surface area contributed by atoms with E-state index in [0.29, 0.717) is 0 Å². The third-order valence-electron chi connectivity index (χ3n) is 5.05. The van der Waals surface area contributed by atoms with Gasteiger partial charge in [-0.1, -0.05) is 25.1 Å². The van der Waals surface area contributed by atoms with Crippen LogP contribution in [0.4, 0.5) is 5.69 Å². The minimum absolute atomic E-state index is 0.741. The van der Waals surface area contributed by atoms with Gasteiger partial charge in [0, 0.05) is 23.8 Å². The van der Waals surface area contributed by atoms with Gasteiger partial charge < -0.3 is 10.2 Å². The molecule has 2 unspecified atom stereocenters. The van der Waals surface area contributed by atoms with Crippen molar-refractivity contribution in [2.24, 2.45) is 0 Å². The molecule has 0 radical (unpaired) electrons. The summed E-state index contributed by atoms with van der Waals surface area (Å²) in [5.41, 5.74) is 2.92. The Balaban J connectivity index is 1.78. The molecule has 2 aliphatic rings. The van der Waals surface area contributed by atoms with Gasteiger partial charge in [-0.05, 0) is 63.6 Å². The van der Waals surface area contributed by atoms with Gasteiger partial charge in [-0.3, -0.25) is 0 Å². The standard InChI is InChI=1S/C18H28N2/c1-3-11-19-15-12-16-8-6-9-17(13-15)20(16)18-10-5-4-7-14(18)2/h4-5,7,10,15-17,19H,3,6,8-9,11-13H2,1-2H3. The maximum absolute atomic E-state index is 3.76. The quantitative estimate of drug-likeness (QED) is 0.894. The molecule has 20 heavy (non-hydrogen) atoms. The molecule has 2 aliphatic heterocycles. The summed E-state index contributed by atoms with van der Waals surface area (Å²) in [5, 5.41) is 3.76. The van der Waals surface area contributed by atoms with Gasteiger partial charge >= 0.3 is 0 Å². The van der Waals surface area contributed by atoms with Gasteiger partial charge in [0.2, 0.25) is 0 Å². The van der Waals surface area contributed by atoms with Crippen LogP contribution in [0.25, 0.3) is 0 Å². The van der Waals surface area contributed by atoms with Gasteiger partial charge in [0.05, 0.1) is 0 Å². The van der Waals surface area contributed by atoms with Crippen LogP contribution in [0.5, 0.6) is 0 Å². The van der Waals surface area contributed by atoms with Crippen LogP contribution in [-0.2, 0) is 0 Å². The molecule has 110 valence electrons. The van der Waals surface area contributed by atoms with Crippen LogP contribution in [0, 0.1) is 6.92 Å². The Bertz CT molecular complexity index is 429. The molecule has 0 amide bonds. The number of piperidine rings is 2. The number of aryl methyl sites for hydroxylation is 1. The molecule has 2 nitrogen and oxygen atoms in total. The smallest absolute Gasteiger partial charge is 0.0400 e. The number of anilines is 1. The lowest BCUT2D eigenvalue weighted by atomic mass is 9.81. The molecule has 0 aliphatic carbocycles. The lowest BCUT2D eigenvalue weighted by Gasteiger charge is -2.51. The lowest BCUT2D eigenvalue weighted by molar-refractivity contribution is 0.245. The minimum atomic E-state index is 0.741. The van der Waals surface area contributed by atoms with Gasteiger partial charge in [-0.25, -0.2) is 0 Å². The molecule has 2 atom stereocenters. The third-order valence-corrected chi connectivity index (χ3v) is 5.05. The highest BCUT2D eigenvalue weighted by Crippen LogP contribution is 2.38. The number of nitrogens with one attached hydrogen (secondary N) is 1. The molecule has 0 spiro atoms. The first-order chi connectivity index (χ1) is 9.79. The van der Waals surface area contributed by atoms with Crippen molar-refractivity contribution in [3.63, 3.8) is 0 Å². The van der Waals surface area contributed by atoms with Crippen molar-refractivity contribution in [1.29, 1.82) is 0 Å². The van der Waals surface area contributed by atoms with E-state index < -0.39 is 0 Å². The molecule has 1 aromatic rings. The van der Waals surface area contributed by atoms with Crippen LogP contribution < -0.4 is 10.2 Å². The summed E-state index contributed by atoms with van der Waals surface area (Å²) < 4.78 is 0. The van der Waals surface area contributed by atoms with Crippen molar-refractivity contribution in [1.82, 2.24) is 5.32 Å². The Hall–Kier alpha value is -1.02. The van der Waals surface area contributed by atoms with Gasteiger partial charge in [-0.15, -0.1) is 0 Å². The fraction of sp³-hybridized carbons (Fsp3) is 0.667. The minimum Gasteiger partial charge on any atom is -0.365 e. The second kappa shape index (κ2) is 6.17. The van der Waals surface area contributed by atoms with E-state index in [1.165, 1.54) is 56.3 Å². The highest BCUT2D eigenvalue weighted by Gasteiger charge is 2.38. The van der Waals surface area contributed by atoms with Crippen LogP contribution in [0.15, 0.2) is 24.3 Å². The zero-order valence-corrected chi connectivity index (χ0v) is 12.9. The summed E-state index contributed by atoms with van der Waals surface area (Å²) in [6, 6.07) is 11.2. The van der Waals surface area contributed by atoms with Crippen molar-refractivity contribution in [3.05, 3.63) is 29.8 Å². The summed E-state index contributed by atoms with van der Waals surface area (Å²) in [4.78, 5) is 2.75. The van der Waals surface area contributed by atoms with E-state index in [2.05, 4.69) is 48.3 Å². The third kappa shape index (κ3) is 2.71. The van der Waals surface area contributed by atoms with E-state index >= 15 is 0 Å². The first kappa shape index (κ1) is 13.9. The SMILES string of the molecule is CCCNC1CC2CCCC(C1)N2c1ccccc1C. The number of hydrogen-bond donors (Lipinski definition) is 1. The topological polar surface area (TPSA) is 15.3 Å². The molecular weight excluding hydrogens is 244 g/mol. The summed E-state index contributed by atoms with van der Waals surface area (Å²) in [7, 11) is 0. The van der Waals surface area contributed by atoms with Gasteiger partial charge in [0.15, 0.2) is 0 Å². The van der Waals surface area contributed by atoms with Crippen LogP contribution in [0.2, 0.25) is 0 Å². The van der Waals surface area contributed by atoms with Crippen LogP contribution in [-0.4, -0.2) is 24.7 Å². The van der Waals surface area contributed by atoms with E-state index in [4.69, 9.17) is 0 Å². The fourth-order valence-electron chi connectivity index (χ4n) is 4.14. The first-order valence-corrected chi connectivity index (χ1v) is 8.37. The van der Waals surface area contributed by atoms with Crippen molar-refractivity contribution in [2.75, 3.05) is 11.4 Å².